The van der Waals surface area contributed by atoms with E-state index >= 15 is 0 Å². The van der Waals surface area contributed by atoms with Crippen molar-refractivity contribution in [1.29, 1.82) is 0 Å². The van der Waals surface area contributed by atoms with Gasteiger partial charge in [-0.25, -0.2) is 0 Å². The molecule has 0 spiro atoms. The van der Waals surface area contributed by atoms with Crippen LogP contribution in [0.1, 0.15) is 6.92 Å². The van der Waals surface area contributed by atoms with Crippen LogP contribution in [0.15, 0.2) is 0 Å². The SMILES string of the molecule is CS[C](C)[S-].[Pm]. The van der Waals surface area contributed by atoms with Crippen molar-refractivity contribution >= 4 is 24.4 Å². The van der Waals surface area contributed by atoms with Crippen molar-refractivity contribution in [2.24, 2.45) is 0 Å². The van der Waals surface area contributed by atoms with Gasteiger partial charge in [-0.2, -0.15) is 11.8 Å². The monoisotopic (exact) mass is 251 g/mol. The second-order valence-corrected chi connectivity index (χ2v) is 2.59. The molecule has 0 fully saturated rings. The van der Waals surface area contributed by atoms with E-state index in [1.54, 1.807) is 11.8 Å². The fourth-order valence-electron chi connectivity index (χ4n) is 0. The second-order valence-electron chi connectivity index (χ2n) is 0.696. The van der Waals surface area contributed by atoms with Gasteiger partial charge in [0.25, 0.3) is 0 Å². The van der Waals surface area contributed by atoms with E-state index in [0.717, 1.165) is 4.58 Å². The minimum atomic E-state index is 0. The molecule has 6 heavy (non-hydrogen) atoms. The van der Waals surface area contributed by atoms with Gasteiger partial charge in [0, 0.05) is 40.4 Å². The summed E-state index contributed by atoms with van der Waals surface area (Å²) in [6.07, 6.45) is 1.97. The third-order valence-corrected chi connectivity index (χ3v) is 1.36. The Kier molecular flexibility index (Phi) is 12.8. The predicted molar refractivity (Wildman–Crippen MR) is 29.8 cm³/mol. The summed E-state index contributed by atoms with van der Waals surface area (Å²) in [5.41, 5.74) is 0. The van der Waals surface area contributed by atoms with Crippen molar-refractivity contribution in [3.63, 3.8) is 0 Å². The first kappa shape index (κ1) is 10.9. The quantitative estimate of drug-likeness (QED) is 0.646. The van der Waals surface area contributed by atoms with Crippen LogP contribution in [0.2, 0.25) is 0 Å². The summed E-state index contributed by atoms with van der Waals surface area (Å²) in [6, 6.07) is 0. The molecule has 0 atom stereocenters. The molecule has 0 nitrogen and oxygen atoms in total. The summed E-state index contributed by atoms with van der Waals surface area (Å²) < 4.78 is 1.00. The van der Waals surface area contributed by atoms with Crippen LogP contribution in [0.25, 0.3) is 0 Å². The van der Waals surface area contributed by atoms with Gasteiger partial charge in [-0.15, -0.1) is 4.58 Å². The maximum Gasteiger partial charge on any atom is 0 e. The van der Waals surface area contributed by atoms with Gasteiger partial charge in [0.2, 0.25) is 0 Å². The molecule has 0 saturated carbocycles. The van der Waals surface area contributed by atoms with E-state index in [9.17, 15) is 0 Å². The van der Waals surface area contributed by atoms with Gasteiger partial charge in [-0.05, 0) is 6.26 Å². The van der Waals surface area contributed by atoms with Crippen LogP contribution in [0, 0.1) is 45.0 Å². The Morgan fingerprint density at radius 3 is 1.83 bits per heavy atom. The van der Waals surface area contributed by atoms with E-state index in [4.69, 9.17) is 0 Å². The Balaban J connectivity index is 0. The zero-order valence-corrected chi connectivity index (χ0v) is 8.27. The Morgan fingerprint density at radius 1 is 1.67 bits per heavy atom. The smallest absolute Gasteiger partial charge is 0 e. The van der Waals surface area contributed by atoms with Gasteiger partial charge in [-0.3, -0.25) is 0 Å². The van der Waals surface area contributed by atoms with Crippen LogP contribution >= 0.6 is 11.8 Å². The maximum absolute atomic E-state index is 4.66. The average Bonchev–Trinajstić information content (AvgIpc) is 1.38. The molecule has 36 valence electrons. The molecule has 0 aromatic rings. The van der Waals surface area contributed by atoms with E-state index in [2.05, 4.69) is 12.6 Å². The maximum atomic E-state index is 4.66. The molecule has 0 aromatic heterocycles. The van der Waals surface area contributed by atoms with Gasteiger partial charge in [-0.1, -0.05) is 6.92 Å². The molecule has 2 radical (unpaired) electrons. The molecule has 0 rings (SSSR count). The third-order valence-electron chi connectivity index (χ3n) is 0.287. The molecule has 3 heteroatoms. The zero-order chi connectivity index (χ0) is 4.28. The molecule has 0 aliphatic heterocycles. The summed E-state index contributed by atoms with van der Waals surface area (Å²) in [4.78, 5) is 0. The van der Waals surface area contributed by atoms with Crippen molar-refractivity contribution in [2.45, 2.75) is 6.92 Å². The van der Waals surface area contributed by atoms with E-state index in [0.29, 0.717) is 0 Å². The molecule has 0 aliphatic rings. The Hall–Kier alpha value is 2.04. The van der Waals surface area contributed by atoms with E-state index < -0.39 is 0 Å². The normalized spacial score (nSPS) is 8.00. The standard InChI is InChI=1S/C3H6S2.Pm/c1-3(4)5-2;/h1-2H3;/q-1;. The molecule has 0 aliphatic carbocycles. The van der Waals surface area contributed by atoms with Gasteiger partial charge < -0.3 is 12.6 Å². The largest absolute Gasteiger partial charge is 0.776 e. The number of hydrogen-bond acceptors (Lipinski definition) is 2. The van der Waals surface area contributed by atoms with Crippen LogP contribution in [0.4, 0.5) is 0 Å². The first-order valence-corrected chi connectivity index (χ1v) is 2.95. The Morgan fingerprint density at radius 2 is 1.83 bits per heavy atom. The molecule has 0 heterocycles. The fraction of sp³-hybridized carbons (Fsp3) is 0.667. The van der Waals surface area contributed by atoms with E-state index in [-0.39, 0.29) is 40.4 Å². The summed E-state index contributed by atoms with van der Waals surface area (Å²) >= 11 is 6.27. The predicted octanol–water partition coefficient (Wildman–Crippen LogP) is 1.41. The topological polar surface area (TPSA) is 0 Å². The fourth-order valence-corrected chi connectivity index (χ4v) is 0. The van der Waals surface area contributed by atoms with Crippen molar-refractivity contribution < 1.29 is 40.4 Å². The van der Waals surface area contributed by atoms with Crippen LogP contribution in [-0.4, -0.2) is 6.26 Å². The van der Waals surface area contributed by atoms with Crippen molar-refractivity contribution in [2.75, 3.05) is 6.26 Å². The summed E-state index contributed by atoms with van der Waals surface area (Å²) in [5, 5.41) is 0. The molecule has 0 N–H and O–H groups in total. The molecule has 0 bridgehead atoms. The van der Waals surface area contributed by atoms with Gasteiger partial charge in [0.05, 0.1) is 0 Å². The van der Waals surface area contributed by atoms with Crippen LogP contribution in [0.5, 0.6) is 0 Å². The van der Waals surface area contributed by atoms with Crippen molar-refractivity contribution in [1.82, 2.24) is 0 Å². The Labute approximate surface area is 81.4 Å². The second kappa shape index (κ2) is 7.04. The van der Waals surface area contributed by atoms with Gasteiger partial charge in [0.1, 0.15) is 0 Å². The first-order valence-electron chi connectivity index (χ1n) is 1.32. The van der Waals surface area contributed by atoms with Crippen molar-refractivity contribution in [3.8, 4) is 0 Å². The van der Waals surface area contributed by atoms with Gasteiger partial charge in [0.15, 0.2) is 0 Å². The summed E-state index contributed by atoms with van der Waals surface area (Å²) in [6.45, 7) is 1.92. The molecular formula is C3H6PmS2-. The van der Waals surface area contributed by atoms with E-state index in [1.165, 1.54) is 0 Å². The average molecular weight is 251 g/mol. The minimum Gasteiger partial charge on any atom is -0.776 e. The van der Waals surface area contributed by atoms with Crippen LogP contribution in [-0.2, 0) is 12.6 Å². The number of rotatable bonds is 1. The Bertz CT molecular complexity index is 22.8. The summed E-state index contributed by atoms with van der Waals surface area (Å²) in [7, 11) is 0. The first-order chi connectivity index (χ1) is 2.27. The van der Waals surface area contributed by atoms with Gasteiger partial charge >= 0.3 is 0 Å². The number of thioether (sulfide) groups is 1. The van der Waals surface area contributed by atoms with E-state index in [1.807, 2.05) is 13.2 Å². The zero-order valence-electron chi connectivity index (χ0n) is 3.76. The molecule has 0 saturated heterocycles. The molecule has 0 aromatic carbocycles. The minimum absolute atomic E-state index is 0. The molecule has 0 amide bonds. The molecular weight excluding hydrogens is 245 g/mol. The molecule has 0 unspecified atom stereocenters. The summed E-state index contributed by atoms with van der Waals surface area (Å²) in [5.74, 6) is 0. The van der Waals surface area contributed by atoms with Crippen LogP contribution < -0.4 is 0 Å². The van der Waals surface area contributed by atoms with Crippen molar-refractivity contribution in [3.05, 3.63) is 4.58 Å². The van der Waals surface area contributed by atoms with Crippen LogP contribution in [0.3, 0.4) is 0 Å². The number of hydrogen-bond donors (Lipinski definition) is 0. The third kappa shape index (κ3) is 9.40.